The summed E-state index contributed by atoms with van der Waals surface area (Å²) in [7, 11) is 0. The predicted octanol–water partition coefficient (Wildman–Crippen LogP) is 3.96. The van der Waals surface area contributed by atoms with E-state index in [1.807, 2.05) is 37.4 Å². The Bertz CT molecular complexity index is 647. The van der Waals surface area contributed by atoms with E-state index in [4.69, 9.17) is 10.5 Å². The van der Waals surface area contributed by atoms with Crippen LogP contribution in [0.5, 0.6) is 11.5 Å². The molecule has 4 heteroatoms. The zero-order valence-electron chi connectivity index (χ0n) is 10.8. The maximum Gasteiger partial charge on any atom is 0.150 e. The van der Waals surface area contributed by atoms with Gasteiger partial charge in [0, 0.05) is 4.90 Å². The number of ether oxygens (including phenoxy) is 1. The van der Waals surface area contributed by atoms with Gasteiger partial charge in [0.2, 0.25) is 0 Å². The van der Waals surface area contributed by atoms with Crippen LogP contribution in [-0.2, 0) is 0 Å². The normalized spacial score (nSPS) is 9.95. The summed E-state index contributed by atoms with van der Waals surface area (Å²) in [6.07, 6.45) is 1.93. The lowest BCUT2D eigenvalue weighted by Gasteiger charge is -2.12. The quantitative estimate of drug-likeness (QED) is 0.677. The van der Waals surface area contributed by atoms with Crippen LogP contribution in [0, 0.1) is 18.3 Å². The minimum Gasteiger partial charge on any atom is -0.454 e. The summed E-state index contributed by atoms with van der Waals surface area (Å²) in [6, 6.07) is 13.3. The molecule has 2 N–H and O–H groups in total. The van der Waals surface area contributed by atoms with E-state index >= 15 is 0 Å². The van der Waals surface area contributed by atoms with E-state index in [2.05, 4.69) is 6.07 Å². The second kappa shape index (κ2) is 5.68. The van der Waals surface area contributed by atoms with Crippen molar-refractivity contribution in [2.24, 2.45) is 0 Å². The fourth-order valence-electron chi connectivity index (χ4n) is 1.72. The second-order valence-electron chi connectivity index (χ2n) is 4.09. The van der Waals surface area contributed by atoms with Gasteiger partial charge in [0.05, 0.1) is 5.69 Å². The molecule has 0 saturated carbocycles. The molecule has 0 amide bonds. The second-order valence-corrected chi connectivity index (χ2v) is 4.94. The van der Waals surface area contributed by atoms with Gasteiger partial charge in [0.15, 0.2) is 5.75 Å². The smallest absolute Gasteiger partial charge is 0.150 e. The lowest BCUT2D eigenvalue weighted by atomic mass is 10.2. The molecule has 2 rings (SSSR count). The van der Waals surface area contributed by atoms with Crippen molar-refractivity contribution in [2.45, 2.75) is 11.8 Å². The maximum atomic E-state index is 9.26. The van der Waals surface area contributed by atoms with Crippen molar-refractivity contribution < 1.29 is 4.74 Å². The monoisotopic (exact) mass is 270 g/mol. The topological polar surface area (TPSA) is 59.0 Å². The van der Waals surface area contributed by atoms with E-state index in [0.29, 0.717) is 22.7 Å². The minimum atomic E-state index is 0.534. The highest BCUT2D eigenvalue weighted by Gasteiger charge is 2.11. The first-order valence-corrected chi connectivity index (χ1v) is 6.99. The summed E-state index contributed by atoms with van der Waals surface area (Å²) in [5.74, 6) is 1.11. The molecular formula is C15H14N2OS. The van der Waals surface area contributed by atoms with Gasteiger partial charge in [-0.05, 0) is 43.0 Å². The molecule has 19 heavy (non-hydrogen) atoms. The van der Waals surface area contributed by atoms with Crippen molar-refractivity contribution in [3.8, 4) is 17.6 Å². The highest BCUT2D eigenvalue weighted by atomic mass is 32.2. The summed E-state index contributed by atoms with van der Waals surface area (Å²) in [4.78, 5) is 0.895. The first kappa shape index (κ1) is 13.3. The molecule has 2 aromatic rings. The van der Waals surface area contributed by atoms with Crippen LogP contribution >= 0.6 is 11.8 Å². The zero-order chi connectivity index (χ0) is 13.8. The third kappa shape index (κ3) is 2.83. The van der Waals surface area contributed by atoms with E-state index in [-0.39, 0.29) is 0 Å². The minimum absolute atomic E-state index is 0.534. The molecule has 0 aromatic heterocycles. The molecule has 0 aliphatic heterocycles. The number of hydrogen-bond donors (Lipinski definition) is 1. The van der Waals surface area contributed by atoms with Gasteiger partial charge in [-0.25, -0.2) is 0 Å². The molecule has 0 spiro atoms. The Balaban J connectivity index is 2.44. The molecule has 0 bridgehead atoms. The van der Waals surface area contributed by atoms with E-state index in [1.165, 1.54) is 11.8 Å². The molecule has 0 radical (unpaired) electrons. The van der Waals surface area contributed by atoms with Crippen LogP contribution in [0.3, 0.4) is 0 Å². The van der Waals surface area contributed by atoms with E-state index in [1.54, 1.807) is 12.1 Å². The summed E-state index contributed by atoms with van der Waals surface area (Å²) in [6.45, 7) is 1.97. The third-order valence-electron chi connectivity index (χ3n) is 2.71. The van der Waals surface area contributed by atoms with Crippen LogP contribution < -0.4 is 10.5 Å². The molecule has 3 nitrogen and oxygen atoms in total. The lowest BCUT2D eigenvalue weighted by Crippen LogP contribution is -1.95. The number of aryl methyl sites for hydroxylation is 1. The molecule has 96 valence electrons. The highest BCUT2D eigenvalue weighted by Crippen LogP contribution is 2.34. The SMILES string of the molecule is CSc1cccc(Oc2cc(C)ccc2N)c1C#N. The van der Waals surface area contributed by atoms with Crippen molar-refractivity contribution in [3.05, 3.63) is 47.5 Å². The van der Waals surface area contributed by atoms with Crippen LogP contribution in [0.15, 0.2) is 41.3 Å². The number of hydrogen-bond acceptors (Lipinski definition) is 4. The number of anilines is 1. The van der Waals surface area contributed by atoms with Gasteiger partial charge in [-0.2, -0.15) is 5.26 Å². The fourth-order valence-corrected chi connectivity index (χ4v) is 2.29. The number of rotatable bonds is 3. The molecule has 0 aliphatic carbocycles. The van der Waals surface area contributed by atoms with Crippen molar-refractivity contribution in [3.63, 3.8) is 0 Å². The van der Waals surface area contributed by atoms with Crippen LogP contribution in [0.1, 0.15) is 11.1 Å². The van der Waals surface area contributed by atoms with Gasteiger partial charge in [-0.1, -0.05) is 12.1 Å². The van der Waals surface area contributed by atoms with Crippen LogP contribution in [-0.4, -0.2) is 6.26 Å². The summed E-state index contributed by atoms with van der Waals surface area (Å²) >= 11 is 1.52. The van der Waals surface area contributed by atoms with Crippen molar-refractivity contribution in [1.82, 2.24) is 0 Å². The Morgan fingerprint density at radius 3 is 2.68 bits per heavy atom. The molecular weight excluding hydrogens is 256 g/mol. The summed E-state index contributed by atoms with van der Waals surface area (Å²) in [5, 5.41) is 9.26. The maximum absolute atomic E-state index is 9.26. The van der Waals surface area contributed by atoms with Crippen molar-refractivity contribution in [2.75, 3.05) is 12.0 Å². The van der Waals surface area contributed by atoms with E-state index in [0.717, 1.165) is 10.5 Å². The first-order valence-electron chi connectivity index (χ1n) is 5.76. The molecule has 0 heterocycles. The Kier molecular flexibility index (Phi) is 3.98. The Hall–Kier alpha value is -2.12. The summed E-state index contributed by atoms with van der Waals surface area (Å²) in [5.41, 5.74) is 8.04. The van der Waals surface area contributed by atoms with Crippen molar-refractivity contribution in [1.29, 1.82) is 5.26 Å². The molecule has 0 unspecified atom stereocenters. The number of nitrogens with two attached hydrogens (primary N) is 1. The van der Waals surface area contributed by atoms with Gasteiger partial charge in [0.1, 0.15) is 17.4 Å². The Labute approximate surface area is 117 Å². The standard InChI is InChI=1S/C15H14N2OS/c1-10-6-7-12(17)14(8-10)18-13-4-3-5-15(19-2)11(13)9-16/h3-8H,17H2,1-2H3. The molecule has 0 aliphatic rings. The van der Waals surface area contributed by atoms with Gasteiger partial charge in [-0.15, -0.1) is 11.8 Å². The van der Waals surface area contributed by atoms with Crippen LogP contribution in [0.2, 0.25) is 0 Å². The van der Waals surface area contributed by atoms with Crippen LogP contribution in [0.25, 0.3) is 0 Å². The first-order chi connectivity index (χ1) is 9.15. The fraction of sp³-hybridized carbons (Fsp3) is 0.133. The van der Waals surface area contributed by atoms with E-state index < -0.39 is 0 Å². The Morgan fingerprint density at radius 1 is 1.21 bits per heavy atom. The van der Waals surface area contributed by atoms with Crippen molar-refractivity contribution >= 4 is 17.4 Å². The van der Waals surface area contributed by atoms with Gasteiger partial charge in [-0.3, -0.25) is 0 Å². The molecule has 0 fully saturated rings. The number of nitrogen functional groups attached to an aromatic ring is 1. The van der Waals surface area contributed by atoms with Gasteiger partial charge < -0.3 is 10.5 Å². The van der Waals surface area contributed by atoms with E-state index in [9.17, 15) is 5.26 Å². The average molecular weight is 270 g/mol. The third-order valence-corrected chi connectivity index (χ3v) is 3.49. The summed E-state index contributed by atoms with van der Waals surface area (Å²) < 4.78 is 5.79. The Morgan fingerprint density at radius 2 is 2.00 bits per heavy atom. The zero-order valence-corrected chi connectivity index (χ0v) is 11.6. The number of benzene rings is 2. The predicted molar refractivity (Wildman–Crippen MR) is 78.6 cm³/mol. The lowest BCUT2D eigenvalue weighted by molar-refractivity contribution is 0.481. The number of nitrogens with zero attached hydrogens (tertiary/aromatic N) is 1. The number of thioether (sulfide) groups is 1. The molecule has 0 atom stereocenters. The molecule has 2 aromatic carbocycles. The average Bonchev–Trinajstić information content (AvgIpc) is 2.42. The number of nitriles is 1. The van der Waals surface area contributed by atoms with Gasteiger partial charge >= 0.3 is 0 Å². The largest absolute Gasteiger partial charge is 0.454 e. The highest BCUT2D eigenvalue weighted by molar-refractivity contribution is 7.98. The van der Waals surface area contributed by atoms with Crippen LogP contribution in [0.4, 0.5) is 5.69 Å². The molecule has 0 saturated heterocycles. The van der Waals surface area contributed by atoms with Gasteiger partial charge in [0.25, 0.3) is 0 Å².